The monoisotopic (exact) mass is 417 g/mol. The maximum atomic E-state index is 12.2. The fourth-order valence-corrected chi connectivity index (χ4v) is 8.77. The van der Waals surface area contributed by atoms with E-state index in [9.17, 15) is 5.11 Å². The Kier molecular flexibility index (Phi) is 5.41. The van der Waals surface area contributed by atoms with Gasteiger partial charge in [-0.2, -0.15) is 0 Å². The molecule has 4 nitrogen and oxygen atoms in total. The molecule has 4 heteroatoms. The van der Waals surface area contributed by atoms with Crippen LogP contribution in [0.1, 0.15) is 84.5 Å². The molecule has 0 radical (unpaired) electrons. The molecule has 0 bridgehead atoms. The molecule has 1 aliphatic heterocycles. The SMILES string of the molecule is C[C@@]12CCC[C@H]1[C@@H]1CC[C@@]3(O)C[C@@]4(/C=C/CCCN)OCCOC4C[C@]3(C)[C@H]1CC2. The highest BCUT2D eigenvalue weighted by Crippen LogP contribution is 2.68. The largest absolute Gasteiger partial charge is 0.389 e. The third-order valence-corrected chi connectivity index (χ3v) is 10.5. The molecule has 5 aliphatic rings. The van der Waals surface area contributed by atoms with Crippen LogP contribution in [-0.4, -0.2) is 42.2 Å². The van der Waals surface area contributed by atoms with Gasteiger partial charge in [0.2, 0.25) is 0 Å². The van der Waals surface area contributed by atoms with Crippen molar-refractivity contribution < 1.29 is 14.6 Å². The van der Waals surface area contributed by atoms with Crippen molar-refractivity contribution in [3.63, 3.8) is 0 Å². The molecule has 0 aromatic rings. The summed E-state index contributed by atoms with van der Waals surface area (Å²) in [6, 6.07) is 0. The first-order chi connectivity index (χ1) is 14.4. The molecule has 0 aromatic carbocycles. The Morgan fingerprint density at radius 1 is 1.07 bits per heavy atom. The summed E-state index contributed by atoms with van der Waals surface area (Å²) in [7, 11) is 0. The molecule has 5 fully saturated rings. The van der Waals surface area contributed by atoms with E-state index in [2.05, 4.69) is 26.0 Å². The third kappa shape index (κ3) is 3.08. The number of hydrogen-bond donors (Lipinski definition) is 2. The number of unbranched alkanes of at least 4 members (excludes halogenated alkanes) is 1. The zero-order chi connectivity index (χ0) is 21.0. The van der Waals surface area contributed by atoms with Gasteiger partial charge in [0, 0.05) is 11.8 Å². The van der Waals surface area contributed by atoms with Crippen LogP contribution in [0, 0.1) is 28.6 Å². The van der Waals surface area contributed by atoms with Gasteiger partial charge in [0.1, 0.15) is 5.60 Å². The lowest BCUT2D eigenvalue weighted by Crippen LogP contribution is -2.70. The minimum Gasteiger partial charge on any atom is -0.389 e. The standard InChI is InChI=1S/C26H43NO3/c1-23-10-6-7-20(23)19-8-13-26(28)18-25(11-4-3-5-14-27)22(29-15-16-30-25)17-24(26,2)21(19)9-12-23/h4,11,19-22,28H,3,5-10,12-18,27H2,1-2H3/b11-4+/t19-,20-,21-,22?,23-,24+,25+,26+/m0/s1. The van der Waals surface area contributed by atoms with Gasteiger partial charge >= 0.3 is 0 Å². The van der Waals surface area contributed by atoms with Crippen LogP contribution in [0.5, 0.6) is 0 Å². The molecule has 4 saturated carbocycles. The van der Waals surface area contributed by atoms with E-state index in [1.165, 1.54) is 38.5 Å². The van der Waals surface area contributed by atoms with Crippen molar-refractivity contribution in [1.29, 1.82) is 0 Å². The van der Waals surface area contributed by atoms with Crippen LogP contribution >= 0.6 is 0 Å². The quantitative estimate of drug-likeness (QED) is 0.518. The number of fused-ring (bicyclic) bond motifs is 6. The smallest absolute Gasteiger partial charge is 0.115 e. The number of aliphatic hydroxyl groups is 1. The molecule has 1 heterocycles. The van der Waals surface area contributed by atoms with Crippen molar-refractivity contribution in [3.8, 4) is 0 Å². The first-order valence-electron chi connectivity index (χ1n) is 12.7. The summed E-state index contributed by atoms with van der Waals surface area (Å²) in [4.78, 5) is 0. The van der Waals surface area contributed by atoms with Crippen LogP contribution < -0.4 is 5.73 Å². The topological polar surface area (TPSA) is 64.7 Å². The molecular weight excluding hydrogens is 374 g/mol. The number of nitrogens with two attached hydrogens (primary N) is 1. The number of allylic oxidation sites excluding steroid dienone is 1. The molecule has 30 heavy (non-hydrogen) atoms. The predicted molar refractivity (Wildman–Crippen MR) is 119 cm³/mol. The van der Waals surface area contributed by atoms with Gasteiger partial charge in [-0.05, 0) is 87.5 Å². The lowest BCUT2D eigenvalue weighted by Gasteiger charge is -2.67. The summed E-state index contributed by atoms with van der Waals surface area (Å²) in [5.41, 5.74) is 5.05. The van der Waals surface area contributed by atoms with Crippen LogP contribution in [-0.2, 0) is 9.47 Å². The zero-order valence-corrected chi connectivity index (χ0v) is 19.2. The van der Waals surface area contributed by atoms with E-state index in [1.807, 2.05) is 0 Å². The van der Waals surface area contributed by atoms with Gasteiger partial charge in [0.05, 0.1) is 24.9 Å². The van der Waals surface area contributed by atoms with E-state index in [1.54, 1.807) is 0 Å². The summed E-state index contributed by atoms with van der Waals surface area (Å²) in [6.45, 7) is 6.97. The molecule has 4 aliphatic carbocycles. The molecule has 1 saturated heterocycles. The van der Waals surface area contributed by atoms with Crippen molar-refractivity contribution in [2.75, 3.05) is 19.8 Å². The summed E-state index contributed by atoms with van der Waals surface area (Å²) in [5, 5.41) is 12.2. The van der Waals surface area contributed by atoms with Gasteiger partial charge in [-0.1, -0.05) is 32.4 Å². The Morgan fingerprint density at radius 3 is 2.77 bits per heavy atom. The molecule has 3 N–H and O–H groups in total. The maximum Gasteiger partial charge on any atom is 0.115 e. The summed E-state index contributed by atoms with van der Waals surface area (Å²) in [6.07, 6.45) is 17.0. The summed E-state index contributed by atoms with van der Waals surface area (Å²) in [5.74, 6) is 2.27. The fraction of sp³-hybridized carbons (Fsp3) is 0.923. The molecular formula is C26H43NO3. The third-order valence-electron chi connectivity index (χ3n) is 10.5. The van der Waals surface area contributed by atoms with Crippen LogP contribution in [0.15, 0.2) is 12.2 Å². The van der Waals surface area contributed by atoms with Crippen molar-refractivity contribution in [2.24, 2.45) is 34.3 Å². The summed E-state index contributed by atoms with van der Waals surface area (Å²) >= 11 is 0. The Bertz CT molecular complexity index is 681. The highest BCUT2D eigenvalue weighted by molar-refractivity contribution is 5.22. The molecule has 0 amide bonds. The number of hydrogen-bond acceptors (Lipinski definition) is 4. The van der Waals surface area contributed by atoms with Crippen LogP contribution in [0.4, 0.5) is 0 Å². The lowest BCUT2D eigenvalue weighted by molar-refractivity contribution is -0.291. The molecule has 8 atom stereocenters. The van der Waals surface area contributed by atoms with Crippen LogP contribution in [0.3, 0.4) is 0 Å². The van der Waals surface area contributed by atoms with E-state index in [-0.39, 0.29) is 11.5 Å². The first-order valence-corrected chi connectivity index (χ1v) is 12.7. The van der Waals surface area contributed by atoms with Crippen molar-refractivity contribution in [1.82, 2.24) is 0 Å². The average Bonchev–Trinajstić information content (AvgIpc) is 3.12. The minimum absolute atomic E-state index is 0.0567. The van der Waals surface area contributed by atoms with Gasteiger partial charge in [-0.25, -0.2) is 0 Å². The number of ether oxygens (including phenoxy) is 2. The highest BCUT2D eigenvalue weighted by Gasteiger charge is 2.68. The van der Waals surface area contributed by atoms with Gasteiger partial charge in [-0.3, -0.25) is 0 Å². The van der Waals surface area contributed by atoms with Crippen molar-refractivity contribution in [2.45, 2.75) is 102 Å². The Balaban J connectivity index is 1.44. The average molecular weight is 418 g/mol. The molecule has 0 aromatic heterocycles. The van der Waals surface area contributed by atoms with Gasteiger partial charge in [-0.15, -0.1) is 0 Å². The maximum absolute atomic E-state index is 12.2. The second-order valence-electron chi connectivity index (χ2n) is 11.8. The van der Waals surface area contributed by atoms with Crippen molar-refractivity contribution in [3.05, 3.63) is 12.2 Å². The molecule has 0 spiro atoms. The molecule has 170 valence electrons. The first kappa shape index (κ1) is 21.4. The summed E-state index contributed by atoms with van der Waals surface area (Å²) < 4.78 is 12.8. The lowest BCUT2D eigenvalue weighted by atomic mass is 9.42. The number of rotatable bonds is 4. The normalized spacial score (nSPS) is 53.1. The minimum atomic E-state index is -0.657. The highest BCUT2D eigenvalue weighted by atomic mass is 16.6. The second-order valence-corrected chi connectivity index (χ2v) is 11.8. The second kappa shape index (κ2) is 7.57. The van der Waals surface area contributed by atoms with Gasteiger partial charge < -0.3 is 20.3 Å². The van der Waals surface area contributed by atoms with E-state index >= 15 is 0 Å². The van der Waals surface area contributed by atoms with E-state index in [4.69, 9.17) is 15.2 Å². The fourth-order valence-electron chi connectivity index (χ4n) is 8.77. The molecule has 1 unspecified atom stereocenters. The Morgan fingerprint density at radius 2 is 1.93 bits per heavy atom. The van der Waals surface area contributed by atoms with E-state index in [0.29, 0.717) is 37.5 Å². The van der Waals surface area contributed by atoms with Gasteiger partial charge in [0.25, 0.3) is 0 Å². The zero-order valence-electron chi connectivity index (χ0n) is 19.2. The van der Waals surface area contributed by atoms with Crippen LogP contribution in [0.25, 0.3) is 0 Å². The molecule has 5 rings (SSSR count). The van der Waals surface area contributed by atoms with Gasteiger partial charge in [0.15, 0.2) is 0 Å². The Labute approximate surface area is 183 Å². The van der Waals surface area contributed by atoms with Crippen molar-refractivity contribution >= 4 is 0 Å². The predicted octanol–water partition coefficient (Wildman–Crippen LogP) is 4.59. The van der Waals surface area contributed by atoms with E-state index in [0.717, 1.165) is 37.5 Å². The Hall–Kier alpha value is -0.420. The van der Waals surface area contributed by atoms with E-state index < -0.39 is 11.2 Å². The van der Waals surface area contributed by atoms with Crippen LogP contribution in [0.2, 0.25) is 0 Å².